The molecule has 1 N–H and O–H groups in total. The summed E-state index contributed by atoms with van der Waals surface area (Å²) in [6.45, 7) is 1.45. The van der Waals surface area contributed by atoms with Crippen molar-refractivity contribution in [2.45, 2.75) is 13.0 Å². The number of rotatable bonds is 6. The topological polar surface area (TPSA) is 68.1 Å². The van der Waals surface area contributed by atoms with E-state index in [-0.39, 0.29) is 0 Å². The van der Waals surface area contributed by atoms with Crippen molar-refractivity contribution in [1.82, 2.24) is 0 Å². The number of carbonyl (C=O) groups is 1. The smallest absolute Gasteiger partial charge is 0.344 e. The third kappa shape index (κ3) is 4.49. The van der Waals surface area contributed by atoms with E-state index in [1.165, 1.54) is 14.0 Å². The summed E-state index contributed by atoms with van der Waals surface area (Å²) >= 11 is 9.37. The van der Waals surface area contributed by atoms with Gasteiger partial charge in [-0.3, -0.25) is 4.99 Å². The van der Waals surface area contributed by atoms with E-state index < -0.39 is 12.1 Å². The van der Waals surface area contributed by atoms with E-state index in [0.717, 1.165) is 4.47 Å². The van der Waals surface area contributed by atoms with E-state index in [4.69, 9.17) is 26.2 Å². The van der Waals surface area contributed by atoms with Gasteiger partial charge in [0.15, 0.2) is 17.6 Å². The number of carboxylic acid groups (broad SMARTS) is 1. The summed E-state index contributed by atoms with van der Waals surface area (Å²) in [6.07, 6.45) is 0.557. The number of methoxy groups -OCH3 is 1. The lowest BCUT2D eigenvalue weighted by atomic mass is 10.2. The Kier molecular flexibility index (Phi) is 6.23. The first kappa shape index (κ1) is 18.3. The molecule has 0 fully saturated rings. The van der Waals surface area contributed by atoms with Crippen LogP contribution in [0, 0.1) is 0 Å². The minimum Gasteiger partial charge on any atom is -0.493 e. The quantitative estimate of drug-likeness (QED) is 0.698. The SMILES string of the molecule is COc1cccc(C=Nc2ccc(Br)c(Cl)c2)c1O[C@@H](C)C(=O)O. The average Bonchev–Trinajstić information content (AvgIpc) is 2.56. The fourth-order valence-electron chi connectivity index (χ4n) is 1.86. The average molecular weight is 413 g/mol. The maximum atomic E-state index is 11.0. The highest BCUT2D eigenvalue weighted by Crippen LogP contribution is 2.32. The first-order chi connectivity index (χ1) is 11.4. The van der Waals surface area contributed by atoms with E-state index in [0.29, 0.717) is 27.8 Å². The van der Waals surface area contributed by atoms with Crippen molar-refractivity contribution in [1.29, 1.82) is 0 Å². The normalized spacial score (nSPS) is 12.2. The predicted octanol–water partition coefficient (Wildman–Crippen LogP) is 4.71. The van der Waals surface area contributed by atoms with Crippen LogP contribution < -0.4 is 9.47 Å². The van der Waals surface area contributed by atoms with Crippen LogP contribution in [0.25, 0.3) is 0 Å². The minimum absolute atomic E-state index is 0.321. The molecule has 0 unspecified atom stereocenters. The molecule has 2 aromatic rings. The van der Waals surface area contributed by atoms with Crippen LogP contribution in [0.5, 0.6) is 11.5 Å². The van der Waals surface area contributed by atoms with Gasteiger partial charge in [0.25, 0.3) is 0 Å². The summed E-state index contributed by atoms with van der Waals surface area (Å²) in [5.41, 5.74) is 1.25. The zero-order chi connectivity index (χ0) is 17.7. The van der Waals surface area contributed by atoms with Gasteiger partial charge >= 0.3 is 5.97 Å². The summed E-state index contributed by atoms with van der Waals surface area (Å²) in [4.78, 5) is 15.4. The first-order valence-corrected chi connectivity index (χ1v) is 8.15. The maximum absolute atomic E-state index is 11.0. The number of hydrogen-bond acceptors (Lipinski definition) is 4. The Morgan fingerprint density at radius 1 is 1.38 bits per heavy atom. The summed E-state index contributed by atoms with van der Waals surface area (Å²) in [6, 6.07) is 10.5. The van der Waals surface area contributed by atoms with Crippen LogP contribution in [0.2, 0.25) is 5.02 Å². The number of aliphatic imine (C=N–C) groups is 1. The lowest BCUT2D eigenvalue weighted by Gasteiger charge is -2.15. The fourth-order valence-corrected chi connectivity index (χ4v) is 2.28. The van der Waals surface area contributed by atoms with Crippen molar-refractivity contribution in [2.24, 2.45) is 4.99 Å². The first-order valence-electron chi connectivity index (χ1n) is 6.98. The number of hydrogen-bond donors (Lipinski definition) is 1. The molecular weight excluding hydrogens is 398 g/mol. The molecule has 0 aliphatic carbocycles. The predicted molar refractivity (Wildman–Crippen MR) is 97.1 cm³/mol. The van der Waals surface area contributed by atoms with Gasteiger partial charge in [0, 0.05) is 16.3 Å². The third-order valence-corrected chi connectivity index (χ3v) is 4.36. The Bertz CT molecular complexity index is 779. The van der Waals surface area contributed by atoms with Crippen molar-refractivity contribution >= 4 is 45.4 Å². The van der Waals surface area contributed by atoms with E-state index in [1.54, 1.807) is 42.6 Å². The van der Waals surface area contributed by atoms with Crippen LogP contribution in [-0.2, 0) is 4.79 Å². The lowest BCUT2D eigenvalue weighted by molar-refractivity contribution is -0.144. The van der Waals surface area contributed by atoms with Crippen LogP contribution in [0.4, 0.5) is 5.69 Å². The molecule has 0 radical (unpaired) electrons. The minimum atomic E-state index is -1.07. The van der Waals surface area contributed by atoms with E-state index in [9.17, 15) is 4.79 Å². The van der Waals surface area contributed by atoms with E-state index in [2.05, 4.69) is 20.9 Å². The van der Waals surface area contributed by atoms with Gasteiger partial charge in [0.05, 0.1) is 17.8 Å². The van der Waals surface area contributed by atoms with Gasteiger partial charge in [-0.2, -0.15) is 0 Å². The van der Waals surface area contributed by atoms with Gasteiger partial charge in [-0.25, -0.2) is 4.79 Å². The molecule has 0 amide bonds. The molecular formula is C17H15BrClNO4. The molecule has 0 spiro atoms. The molecule has 126 valence electrons. The lowest BCUT2D eigenvalue weighted by Crippen LogP contribution is -2.23. The molecule has 7 heteroatoms. The molecule has 0 heterocycles. The molecule has 24 heavy (non-hydrogen) atoms. The van der Waals surface area contributed by atoms with Crippen molar-refractivity contribution < 1.29 is 19.4 Å². The van der Waals surface area contributed by atoms with Gasteiger partial charge in [-0.1, -0.05) is 17.7 Å². The van der Waals surface area contributed by atoms with Crippen molar-refractivity contribution in [3.8, 4) is 11.5 Å². The molecule has 0 saturated carbocycles. The maximum Gasteiger partial charge on any atom is 0.344 e. The van der Waals surface area contributed by atoms with Crippen molar-refractivity contribution in [3.05, 3.63) is 51.5 Å². The van der Waals surface area contributed by atoms with Crippen LogP contribution >= 0.6 is 27.5 Å². The summed E-state index contributed by atoms with van der Waals surface area (Å²) in [7, 11) is 1.49. The number of halogens is 2. The molecule has 5 nitrogen and oxygen atoms in total. The molecule has 0 aliphatic heterocycles. The molecule has 0 aliphatic rings. The molecule has 0 bridgehead atoms. The van der Waals surface area contributed by atoms with Gasteiger partial charge < -0.3 is 14.6 Å². The van der Waals surface area contributed by atoms with Gasteiger partial charge in [0.2, 0.25) is 0 Å². The number of aliphatic carboxylic acids is 1. The molecule has 0 aromatic heterocycles. The highest BCUT2D eigenvalue weighted by atomic mass is 79.9. The van der Waals surface area contributed by atoms with Gasteiger partial charge in [0.1, 0.15) is 0 Å². The fraction of sp³-hybridized carbons (Fsp3) is 0.176. The number of carboxylic acids is 1. The van der Waals surface area contributed by atoms with Gasteiger partial charge in [-0.15, -0.1) is 0 Å². The number of ether oxygens (including phenoxy) is 2. The molecule has 1 atom stereocenters. The van der Waals surface area contributed by atoms with Crippen LogP contribution in [0.3, 0.4) is 0 Å². The Hall–Kier alpha value is -2.05. The Morgan fingerprint density at radius 3 is 2.75 bits per heavy atom. The largest absolute Gasteiger partial charge is 0.493 e. The highest BCUT2D eigenvalue weighted by Gasteiger charge is 2.17. The van der Waals surface area contributed by atoms with Crippen LogP contribution in [-0.4, -0.2) is 30.5 Å². The number of benzene rings is 2. The van der Waals surface area contributed by atoms with Crippen molar-refractivity contribution in [3.63, 3.8) is 0 Å². The van der Waals surface area contributed by atoms with Gasteiger partial charge in [-0.05, 0) is 53.2 Å². The second-order valence-electron chi connectivity index (χ2n) is 4.83. The Labute approximate surface area is 153 Å². The number of nitrogens with zero attached hydrogens (tertiary/aromatic N) is 1. The van der Waals surface area contributed by atoms with Crippen molar-refractivity contribution in [2.75, 3.05) is 7.11 Å². The van der Waals surface area contributed by atoms with E-state index in [1.807, 2.05) is 0 Å². The molecule has 0 saturated heterocycles. The van der Waals surface area contributed by atoms with E-state index >= 15 is 0 Å². The number of para-hydroxylation sites is 1. The van der Waals surface area contributed by atoms with Crippen LogP contribution in [0.15, 0.2) is 45.9 Å². The zero-order valence-corrected chi connectivity index (χ0v) is 15.3. The summed E-state index contributed by atoms with van der Waals surface area (Å²) < 4.78 is 11.5. The Balaban J connectivity index is 2.36. The monoisotopic (exact) mass is 411 g/mol. The molecule has 2 aromatic carbocycles. The summed E-state index contributed by atoms with van der Waals surface area (Å²) in [5.74, 6) is -0.314. The van der Waals surface area contributed by atoms with Crippen LogP contribution in [0.1, 0.15) is 12.5 Å². The third-order valence-electron chi connectivity index (χ3n) is 3.13. The Morgan fingerprint density at radius 2 is 2.12 bits per heavy atom. The summed E-state index contributed by atoms with van der Waals surface area (Å²) in [5, 5.41) is 9.59. The highest BCUT2D eigenvalue weighted by molar-refractivity contribution is 9.10. The second-order valence-corrected chi connectivity index (χ2v) is 6.10. The second kappa shape index (κ2) is 8.17. The standard InChI is InChI=1S/C17H15BrClNO4/c1-10(17(21)22)24-16-11(4-3-5-15(16)23-2)9-20-12-6-7-13(18)14(19)8-12/h3-10H,1-2H3,(H,21,22)/t10-/m0/s1. The zero-order valence-electron chi connectivity index (χ0n) is 13.0. The molecule has 2 rings (SSSR count).